The predicted octanol–water partition coefficient (Wildman–Crippen LogP) is 1.51. The van der Waals surface area contributed by atoms with Crippen molar-refractivity contribution in [3.05, 3.63) is 58.6 Å². The van der Waals surface area contributed by atoms with Crippen LogP contribution < -0.4 is 16.8 Å². The van der Waals surface area contributed by atoms with Gasteiger partial charge in [-0.2, -0.15) is 4.31 Å². The van der Waals surface area contributed by atoms with Crippen LogP contribution in [0.2, 0.25) is 0 Å². The Morgan fingerprint density at radius 2 is 1.84 bits per heavy atom. The van der Waals surface area contributed by atoms with Gasteiger partial charge in [0, 0.05) is 43.4 Å². The number of hydrogen-bond acceptors (Lipinski definition) is 6. The molecule has 0 unspecified atom stereocenters. The molecule has 11 heteroatoms. The molecule has 0 spiro atoms. The second-order valence-corrected chi connectivity index (χ2v) is 9.44. The SMILES string of the molecule is NC(=O)c1cccc(NC(=O)CCn2c(=O)oc3cc(S(=O)(=O)N4CCCC4)ccc32)c1. The zero-order valence-electron chi connectivity index (χ0n) is 17.1. The van der Waals surface area contributed by atoms with Crippen molar-refractivity contribution in [3.63, 3.8) is 0 Å². The monoisotopic (exact) mass is 458 g/mol. The maximum Gasteiger partial charge on any atom is 0.419 e. The number of anilines is 1. The molecule has 1 aliphatic rings. The Bertz CT molecular complexity index is 1350. The summed E-state index contributed by atoms with van der Waals surface area (Å²) in [5, 5.41) is 2.65. The normalized spacial score (nSPS) is 14.6. The summed E-state index contributed by atoms with van der Waals surface area (Å²) in [6, 6.07) is 10.5. The van der Waals surface area contributed by atoms with Gasteiger partial charge in [0.1, 0.15) is 0 Å². The molecule has 168 valence electrons. The summed E-state index contributed by atoms with van der Waals surface area (Å²) in [4.78, 5) is 35.9. The van der Waals surface area contributed by atoms with Gasteiger partial charge in [-0.3, -0.25) is 14.2 Å². The van der Waals surface area contributed by atoms with Gasteiger partial charge >= 0.3 is 5.76 Å². The van der Waals surface area contributed by atoms with Crippen LogP contribution in [0.4, 0.5) is 5.69 Å². The largest absolute Gasteiger partial charge is 0.419 e. The van der Waals surface area contributed by atoms with Gasteiger partial charge < -0.3 is 15.5 Å². The summed E-state index contributed by atoms with van der Waals surface area (Å²) in [6.45, 7) is 0.983. The summed E-state index contributed by atoms with van der Waals surface area (Å²) < 4.78 is 33.4. The summed E-state index contributed by atoms with van der Waals surface area (Å²) in [6.07, 6.45) is 1.60. The average Bonchev–Trinajstić information content (AvgIpc) is 3.40. The van der Waals surface area contributed by atoms with E-state index in [0.717, 1.165) is 12.8 Å². The van der Waals surface area contributed by atoms with Gasteiger partial charge in [-0.15, -0.1) is 0 Å². The van der Waals surface area contributed by atoms with Crippen LogP contribution in [0.1, 0.15) is 29.6 Å². The number of fused-ring (bicyclic) bond motifs is 1. The predicted molar refractivity (Wildman–Crippen MR) is 117 cm³/mol. The highest BCUT2D eigenvalue weighted by molar-refractivity contribution is 7.89. The van der Waals surface area contributed by atoms with E-state index in [4.69, 9.17) is 10.2 Å². The minimum absolute atomic E-state index is 0.0331. The maximum absolute atomic E-state index is 12.7. The molecule has 0 radical (unpaired) electrons. The lowest BCUT2D eigenvalue weighted by Gasteiger charge is -2.15. The molecule has 1 aromatic heterocycles. The zero-order valence-corrected chi connectivity index (χ0v) is 17.9. The van der Waals surface area contributed by atoms with Gasteiger partial charge in [0.05, 0.1) is 10.4 Å². The van der Waals surface area contributed by atoms with Crippen LogP contribution in [0.3, 0.4) is 0 Å². The van der Waals surface area contributed by atoms with Gasteiger partial charge in [0.15, 0.2) is 5.58 Å². The fourth-order valence-corrected chi connectivity index (χ4v) is 5.22. The number of carbonyl (C=O) groups is 2. The van der Waals surface area contributed by atoms with E-state index in [9.17, 15) is 22.8 Å². The minimum atomic E-state index is -3.64. The number of aromatic nitrogens is 1. The van der Waals surface area contributed by atoms with Crippen LogP contribution in [0.15, 0.2) is 56.6 Å². The van der Waals surface area contributed by atoms with Crippen molar-refractivity contribution >= 4 is 38.6 Å². The molecule has 1 saturated heterocycles. The molecule has 1 aliphatic heterocycles. The zero-order chi connectivity index (χ0) is 22.9. The molecule has 2 amide bonds. The first-order valence-corrected chi connectivity index (χ1v) is 11.5. The number of benzene rings is 2. The Balaban J connectivity index is 1.49. The quantitative estimate of drug-likeness (QED) is 0.549. The minimum Gasteiger partial charge on any atom is -0.408 e. The number of nitrogens with zero attached hydrogens (tertiary/aromatic N) is 2. The number of oxazole rings is 1. The number of nitrogens with one attached hydrogen (secondary N) is 1. The number of carbonyl (C=O) groups excluding carboxylic acids is 2. The van der Waals surface area contributed by atoms with E-state index < -0.39 is 21.7 Å². The van der Waals surface area contributed by atoms with Crippen molar-refractivity contribution in [1.29, 1.82) is 0 Å². The lowest BCUT2D eigenvalue weighted by molar-refractivity contribution is -0.116. The van der Waals surface area contributed by atoms with Crippen molar-refractivity contribution in [3.8, 4) is 0 Å². The molecule has 32 heavy (non-hydrogen) atoms. The van der Waals surface area contributed by atoms with Crippen LogP contribution in [-0.4, -0.2) is 42.2 Å². The van der Waals surface area contributed by atoms with Crippen molar-refractivity contribution in [1.82, 2.24) is 8.87 Å². The molecule has 0 aliphatic carbocycles. The van der Waals surface area contributed by atoms with Gasteiger partial charge in [-0.1, -0.05) is 6.07 Å². The third-order valence-electron chi connectivity index (χ3n) is 5.34. The van der Waals surface area contributed by atoms with Gasteiger partial charge in [-0.05, 0) is 43.2 Å². The van der Waals surface area contributed by atoms with E-state index in [1.165, 1.54) is 39.2 Å². The van der Waals surface area contributed by atoms with E-state index in [1.54, 1.807) is 12.1 Å². The standard InChI is InChI=1S/C21H22N4O6S/c22-20(27)14-4-3-5-15(12-14)23-19(26)8-11-25-17-7-6-16(13-18(17)31-21(25)28)32(29,30)24-9-1-2-10-24/h3-7,12-13H,1-2,8-11H2,(H2,22,27)(H,23,26). The van der Waals surface area contributed by atoms with Crippen LogP contribution in [-0.2, 0) is 21.4 Å². The molecule has 0 bridgehead atoms. The van der Waals surface area contributed by atoms with Crippen molar-refractivity contribution < 1.29 is 22.4 Å². The van der Waals surface area contributed by atoms with Gasteiger partial charge in [0.25, 0.3) is 0 Å². The van der Waals surface area contributed by atoms with E-state index in [2.05, 4.69) is 5.32 Å². The average molecular weight is 458 g/mol. The Morgan fingerprint density at radius 3 is 2.56 bits per heavy atom. The summed E-state index contributed by atoms with van der Waals surface area (Å²) >= 11 is 0. The first-order valence-electron chi connectivity index (χ1n) is 10.1. The third-order valence-corrected chi connectivity index (χ3v) is 7.23. The number of primary amides is 1. The number of nitrogens with two attached hydrogens (primary N) is 1. The molecule has 0 saturated carbocycles. The summed E-state index contributed by atoms with van der Waals surface area (Å²) in [5.74, 6) is -1.66. The molecular weight excluding hydrogens is 436 g/mol. The van der Waals surface area contributed by atoms with Crippen molar-refractivity contribution in [2.24, 2.45) is 5.73 Å². The first kappa shape index (κ1) is 21.8. The fraction of sp³-hybridized carbons (Fsp3) is 0.286. The Labute approximate surface area is 183 Å². The highest BCUT2D eigenvalue weighted by Crippen LogP contribution is 2.24. The molecule has 10 nitrogen and oxygen atoms in total. The van der Waals surface area contributed by atoms with Crippen LogP contribution >= 0.6 is 0 Å². The molecule has 3 N–H and O–H groups in total. The number of aryl methyl sites for hydroxylation is 1. The molecule has 0 atom stereocenters. The fourth-order valence-electron chi connectivity index (χ4n) is 3.68. The van der Waals surface area contributed by atoms with Gasteiger partial charge in [0.2, 0.25) is 21.8 Å². The summed E-state index contributed by atoms with van der Waals surface area (Å²) in [7, 11) is -3.64. The number of sulfonamides is 1. The second kappa shape index (κ2) is 8.60. The van der Waals surface area contributed by atoms with E-state index in [1.807, 2.05) is 0 Å². The van der Waals surface area contributed by atoms with Crippen LogP contribution in [0, 0.1) is 0 Å². The number of hydrogen-bond donors (Lipinski definition) is 2. The molecule has 4 rings (SSSR count). The highest BCUT2D eigenvalue weighted by atomic mass is 32.2. The molecule has 2 heterocycles. The lowest BCUT2D eigenvalue weighted by Crippen LogP contribution is -2.27. The maximum atomic E-state index is 12.7. The van der Waals surface area contributed by atoms with E-state index in [0.29, 0.717) is 24.3 Å². The van der Waals surface area contributed by atoms with Gasteiger partial charge in [-0.25, -0.2) is 13.2 Å². The first-order chi connectivity index (χ1) is 15.3. The Hall–Kier alpha value is -3.44. The van der Waals surface area contributed by atoms with Crippen LogP contribution in [0.25, 0.3) is 11.1 Å². The molecule has 3 aromatic rings. The van der Waals surface area contributed by atoms with Crippen LogP contribution in [0.5, 0.6) is 0 Å². The number of amides is 2. The molecule has 1 fully saturated rings. The third kappa shape index (κ3) is 4.30. The smallest absolute Gasteiger partial charge is 0.408 e. The van der Waals surface area contributed by atoms with E-state index >= 15 is 0 Å². The topological polar surface area (TPSA) is 145 Å². The lowest BCUT2D eigenvalue weighted by atomic mass is 10.2. The summed E-state index contributed by atoms with van der Waals surface area (Å²) in [5.41, 5.74) is 6.46. The van der Waals surface area contributed by atoms with Crippen molar-refractivity contribution in [2.75, 3.05) is 18.4 Å². The molecule has 2 aromatic carbocycles. The number of rotatable bonds is 7. The second-order valence-electron chi connectivity index (χ2n) is 7.50. The Morgan fingerprint density at radius 1 is 1.09 bits per heavy atom. The Kier molecular flexibility index (Phi) is 5.85. The van der Waals surface area contributed by atoms with E-state index in [-0.39, 0.29) is 34.9 Å². The van der Waals surface area contributed by atoms with Crippen molar-refractivity contribution in [2.45, 2.75) is 30.7 Å². The molecular formula is C21H22N4O6S. The highest BCUT2D eigenvalue weighted by Gasteiger charge is 2.28.